The predicted octanol–water partition coefficient (Wildman–Crippen LogP) is -0.103. The van der Waals surface area contributed by atoms with E-state index in [4.69, 9.17) is 15.6 Å². The Morgan fingerprint density at radius 2 is 2.40 bits per heavy atom. The van der Waals surface area contributed by atoms with Crippen LogP contribution in [0.3, 0.4) is 0 Å². The molecule has 0 aliphatic carbocycles. The van der Waals surface area contributed by atoms with Gasteiger partial charge in [-0.3, -0.25) is 0 Å². The first-order valence-corrected chi connectivity index (χ1v) is 3.26. The van der Waals surface area contributed by atoms with Crippen LogP contribution in [0.25, 0.3) is 0 Å². The fraction of sp³-hybridized carbons (Fsp3) is 0.714. The number of methoxy groups -OCH3 is 1. The highest BCUT2D eigenvalue weighted by atomic mass is 16.5. The molecule has 0 radical (unpaired) electrons. The van der Waals surface area contributed by atoms with Gasteiger partial charge in [-0.15, -0.1) is 6.58 Å². The van der Waals surface area contributed by atoms with Gasteiger partial charge in [0.2, 0.25) is 0 Å². The third-order valence-electron chi connectivity index (χ3n) is 1.39. The molecule has 0 amide bonds. The molecule has 0 aliphatic heterocycles. The van der Waals surface area contributed by atoms with Crippen LogP contribution in [0.4, 0.5) is 0 Å². The summed E-state index contributed by atoms with van der Waals surface area (Å²) in [6.45, 7) is 3.50. The zero-order valence-electron chi connectivity index (χ0n) is 6.29. The van der Waals surface area contributed by atoms with Crippen LogP contribution in [0.1, 0.15) is 6.42 Å². The summed E-state index contributed by atoms with van der Waals surface area (Å²) in [4.78, 5) is 0. The molecule has 0 aliphatic rings. The highest BCUT2D eigenvalue weighted by molar-refractivity contribution is 4.80. The van der Waals surface area contributed by atoms with E-state index < -0.39 is 0 Å². The number of hydrogen-bond donors (Lipinski definition) is 2. The number of aliphatic hydroxyl groups excluding tert-OH is 1. The summed E-state index contributed by atoms with van der Waals surface area (Å²) in [6.07, 6.45) is 2.30. The van der Waals surface area contributed by atoms with Gasteiger partial charge in [-0.1, -0.05) is 6.08 Å². The monoisotopic (exact) mass is 145 g/mol. The van der Waals surface area contributed by atoms with Crippen molar-refractivity contribution in [3.8, 4) is 0 Å². The van der Waals surface area contributed by atoms with Gasteiger partial charge in [0.15, 0.2) is 0 Å². The van der Waals surface area contributed by atoms with Crippen molar-refractivity contribution in [2.75, 3.05) is 13.7 Å². The van der Waals surface area contributed by atoms with Gasteiger partial charge in [-0.2, -0.15) is 0 Å². The molecule has 0 bridgehead atoms. The van der Waals surface area contributed by atoms with Crippen molar-refractivity contribution in [3.05, 3.63) is 12.7 Å². The summed E-state index contributed by atoms with van der Waals surface area (Å²) in [5.74, 6) is 0. The van der Waals surface area contributed by atoms with Crippen LogP contribution in [0.15, 0.2) is 12.7 Å². The van der Waals surface area contributed by atoms with E-state index in [1.165, 1.54) is 0 Å². The molecule has 60 valence electrons. The first-order valence-electron chi connectivity index (χ1n) is 3.26. The lowest BCUT2D eigenvalue weighted by Gasteiger charge is -2.18. The smallest absolute Gasteiger partial charge is 0.0778 e. The zero-order valence-corrected chi connectivity index (χ0v) is 6.29. The average molecular weight is 145 g/mol. The van der Waals surface area contributed by atoms with Gasteiger partial charge in [-0.05, 0) is 6.42 Å². The maximum Gasteiger partial charge on any atom is 0.0778 e. The van der Waals surface area contributed by atoms with E-state index in [1.807, 2.05) is 0 Å². The quantitative estimate of drug-likeness (QED) is 0.531. The molecule has 0 aromatic rings. The number of hydrogen-bond acceptors (Lipinski definition) is 3. The van der Waals surface area contributed by atoms with Crippen molar-refractivity contribution in [2.45, 2.75) is 18.6 Å². The highest BCUT2D eigenvalue weighted by Crippen LogP contribution is 2.00. The number of ether oxygens (including phenoxy) is 1. The summed E-state index contributed by atoms with van der Waals surface area (Å²) in [5, 5.41) is 8.62. The minimum atomic E-state index is -0.303. The largest absolute Gasteiger partial charge is 0.395 e. The Morgan fingerprint density at radius 3 is 2.70 bits per heavy atom. The summed E-state index contributed by atoms with van der Waals surface area (Å²) in [7, 11) is 1.57. The van der Waals surface area contributed by atoms with Gasteiger partial charge in [0.05, 0.1) is 18.8 Å². The maximum atomic E-state index is 8.62. The zero-order chi connectivity index (χ0) is 7.98. The van der Waals surface area contributed by atoms with Crippen LogP contribution in [-0.2, 0) is 4.74 Å². The molecule has 0 saturated heterocycles. The lowest BCUT2D eigenvalue weighted by atomic mass is 10.1. The summed E-state index contributed by atoms with van der Waals surface area (Å²) in [5.41, 5.74) is 5.49. The molecular weight excluding hydrogens is 130 g/mol. The SMILES string of the molecule is C=CC[C@H](OC)[C@@H](N)CO. The molecule has 3 heteroatoms. The van der Waals surface area contributed by atoms with Gasteiger partial charge in [0, 0.05) is 7.11 Å². The van der Waals surface area contributed by atoms with E-state index in [2.05, 4.69) is 6.58 Å². The molecule has 3 N–H and O–H groups in total. The highest BCUT2D eigenvalue weighted by Gasteiger charge is 2.13. The summed E-state index contributed by atoms with van der Waals surface area (Å²) in [6, 6.07) is -0.303. The van der Waals surface area contributed by atoms with E-state index in [0.717, 1.165) is 0 Å². The number of rotatable bonds is 5. The molecule has 0 rings (SSSR count). The second-order valence-electron chi connectivity index (χ2n) is 2.14. The first-order chi connectivity index (χ1) is 4.76. The van der Waals surface area contributed by atoms with Crippen LogP contribution in [0.2, 0.25) is 0 Å². The molecule has 0 aromatic carbocycles. The van der Waals surface area contributed by atoms with E-state index in [9.17, 15) is 0 Å². The van der Waals surface area contributed by atoms with E-state index in [1.54, 1.807) is 13.2 Å². The van der Waals surface area contributed by atoms with Gasteiger partial charge in [0.25, 0.3) is 0 Å². The van der Waals surface area contributed by atoms with Crippen LogP contribution in [0.5, 0.6) is 0 Å². The van der Waals surface area contributed by atoms with Crippen LogP contribution in [0, 0.1) is 0 Å². The van der Waals surface area contributed by atoms with Gasteiger partial charge in [0.1, 0.15) is 0 Å². The van der Waals surface area contributed by atoms with Gasteiger partial charge in [-0.25, -0.2) is 0 Å². The van der Waals surface area contributed by atoms with Crippen LogP contribution < -0.4 is 5.73 Å². The normalized spacial score (nSPS) is 16.3. The molecule has 0 fully saturated rings. The summed E-state index contributed by atoms with van der Waals surface area (Å²) >= 11 is 0. The molecule has 0 spiro atoms. The van der Waals surface area contributed by atoms with Crippen molar-refractivity contribution >= 4 is 0 Å². The minimum Gasteiger partial charge on any atom is -0.395 e. The Labute approximate surface area is 61.5 Å². The molecule has 0 aromatic heterocycles. The second kappa shape index (κ2) is 5.41. The van der Waals surface area contributed by atoms with Crippen LogP contribution >= 0.6 is 0 Å². The topological polar surface area (TPSA) is 55.5 Å². The molecule has 10 heavy (non-hydrogen) atoms. The maximum absolute atomic E-state index is 8.62. The van der Waals surface area contributed by atoms with Crippen molar-refractivity contribution in [3.63, 3.8) is 0 Å². The first kappa shape index (κ1) is 9.62. The van der Waals surface area contributed by atoms with Gasteiger partial charge < -0.3 is 15.6 Å². The van der Waals surface area contributed by atoms with Crippen LogP contribution in [-0.4, -0.2) is 31.0 Å². The third-order valence-corrected chi connectivity index (χ3v) is 1.39. The molecule has 0 heterocycles. The minimum absolute atomic E-state index is 0.0493. The van der Waals surface area contributed by atoms with Crippen molar-refractivity contribution in [2.24, 2.45) is 5.73 Å². The van der Waals surface area contributed by atoms with E-state index in [-0.39, 0.29) is 18.8 Å². The van der Waals surface area contributed by atoms with Crippen molar-refractivity contribution < 1.29 is 9.84 Å². The standard InChI is InChI=1S/C7H15NO2/c1-3-4-7(10-2)6(8)5-9/h3,6-7,9H,1,4-5,8H2,2H3/t6-,7-/m0/s1. The average Bonchev–Trinajstić information content (AvgIpc) is 1.99. The lowest BCUT2D eigenvalue weighted by molar-refractivity contribution is 0.0618. The number of aliphatic hydroxyl groups is 1. The Kier molecular flexibility index (Phi) is 5.20. The predicted molar refractivity (Wildman–Crippen MR) is 40.7 cm³/mol. The molecule has 2 atom stereocenters. The lowest BCUT2D eigenvalue weighted by Crippen LogP contribution is -2.38. The number of nitrogens with two attached hydrogens (primary N) is 1. The fourth-order valence-electron chi connectivity index (χ4n) is 0.728. The fourth-order valence-corrected chi connectivity index (χ4v) is 0.728. The molecule has 3 nitrogen and oxygen atoms in total. The Hall–Kier alpha value is -0.380. The molecule has 0 saturated carbocycles. The van der Waals surface area contributed by atoms with Gasteiger partial charge >= 0.3 is 0 Å². The van der Waals surface area contributed by atoms with E-state index in [0.29, 0.717) is 6.42 Å². The Balaban J connectivity index is 3.67. The molecular formula is C7H15NO2. The molecule has 0 unspecified atom stereocenters. The Morgan fingerprint density at radius 1 is 1.80 bits per heavy atom. The third kappa shape index (κ3) is 2.96. The Bertz CT molecular complexity index is 95.6. The second-order valence-corrected chi connectivity index (χ2v) is 2.14. The van der Waals surface area contributed by atoms with Crippen molar-refractivity contribution in [1.29, 1.82) is 0 Å². The summed E-state index contributed by atoms with van der Waals surface area (Å²) < 4.78 is 4.99. The van der Waals surface area contributed by atoms with E-state index >= 15 is 0 Å². The van der Waals surface area contributed by atoms with Crippen molar-refractivity contribution in [1.82, 2.24) is 0 Å².